The average Bonchev–Trinajstić information content (AvgIpc) is 3.02. The first-order valence-corrected chi connectivity index (χ1v) is 8.87. The summed E-state index contributed by atoms with van der Waals surface area (Å²) in [5, 5.41) is 5.05. The SMILES string of the molecule is CC(C)(C)NCC1(Cc2nc3ccccc3s2)CCCC1. The van der Waals surface area contributed by atoms with E-state index < -0.39 is 0 Å². The zero-order valence-electron chi connectivity index (χ0n) is 13.4. The quantitative estimate of drug-likeness (QED) is 0.878. The van der Waals surface area contributed by atoms with Gasteiger partial charge in [-0.15, -0.1) is 11.3 Å². The van der Waals surface area contributed by atoms with Crippen LogP contribution in [-0.4, -0.2) is 17.1 Å². The first-order chi connectivity index (χ1) is 9.96. The molecule has 1 N–H and O–H groups in total. The molecule has 3 rings (SSSR count). The lowest BCUT2D eigenvalue weighted by atomic mass is 9.82. The molecule has 0 aliphatic heterocycles. The number of rotatable bonds is 4. The summed E-state index contributed by atoms with van der Waals surface area (Å²) in [4.78, 5) is 4.86. The number of hydrogen-bond acceptors (Lipinski definition) is 3. The fraction of sp³-hybridized carbons (Fsp3) is 0.611. The molecule has 0 radical (unpaired) electrons. The van der Waals surface area contributed by atoms with Gasteiger partial charge in [0.25, 0.3) is 0 Å². The van der Waals surface area contributed by atoms with Crippen LogP contribution in [0.5, 0.6) is 0 Å². The van der Waals surface area contributed by atoms with Gasteiger partial charge < -0.3 is 5.32 Å². The summed E-state index contributed by atoms with van der Waals surface area (Å²) in [5.41, 5.74) is 1.78. The van der Waals surface area contributed by atoms with Crippen molar-refractivity contribution in [2.75, 3.05) is 6.54 Å². The Balaban J connectivity index is 1.78. The molecule has 3 heteroatoms. The molecule has 0 amide bonds. The maximum Gasteiger partial charge on any atom is 0.0944 e. The summed E-state index contributed by atoms with van der Waals surface area (Å²) in [6.45, 7) is 7.89. The third-order valence-electron chi connectivity index (χ3n) is 4.52. The van der Waals surface area contributed by atoms with E-state index in [1.165, 1.54) is 35.4 Å². The molecule has 1 fully saturated rings. The number of benzene rings is 1. The molecule has 2 aromatic rings. The van der Waals surface area contributed by atoms with Crippen LogP contribution < -0.4 is 5.32 Å². The summed E-state index contributed by atoms with van der Waals surface area (Å²) >= 11 is 1.88. The third kappa shape index (κ3) is 3.64. The number of para-hydroxylation sites is 1. The monoisotopic (exact) mass is 302 g/mol. The molecule has 1 aliphatic carbocycles. The maximum atomic E-state index is 4.86. The van der Waals surface area contributed by atoms with Gasteiger partial charge in [-0.3, -0.25) is 0 Å². The summed E-state index contributed by atoms with van der Waals surface area (Å²) in [6.07, 6.45) is 6.56. The van der Waals surface area contributed by atoms with Gasteiger partial charge in [0.05, 0.1) is 15.2 Å². The van der Waals surface area contributed by atoms with Crippen LogP contribution in [0, 0.1) is 5.41 Å². The van der Waals surface area contributed by atoms with Crippen LogP contribution in [0.15, 0.2) is 24.3 Å². The Morgan fingerprint density at radius 2 is 1.90 bits per heavy atom. The molecule has 0 unspecified atom stereocenters. The van der Waals surface area contributed by atoms with Crippen LogP contribution >= 0.6 is 11.3 Å². The van der Waals surface area contributed by atoms with E-state index in [0.29, 0.717) is 5.41 Å². The largest absolute Gasteiger partial charge is 0.312 e. The van der Waals surface area contributed by atoms with Crippen molar-refractivity contribution in [1.29, 1.82) is 0 Å². The maximum absolute atomic E-state index is 4.86. The van der Waals surface area contributed by atoms with Gasteiger partial charge in [-0.2, -0.15) is 0 Å². The summed E-state index contributed by atoms with van der Waals surface area (Å²) in [5.74, 6) is 0. The number of aromatic nitrogens is 1. The number of nitrogens with one attached hydrogen (secondary N) is 1. The Bertz CT molecular complexity index is 570. The van der Waals surface area contributed by atoms with Crippen molar-refractivity contribution in [3.63, 3.8) is 0 Å². The highest BCUT2D eigenvalue weighted by Crippen LogP contribution is 2.42. The molecular formula is C18H26N2S. The summed E-state index contributed by atoms with van der Waals surface area (Å²) < 4.78 is 1.32. The van der Waals surface area contributed by atoms with E-state index in [1.807, 2.05) is 11.3 Å². The minimum Gasteiger partial charge on any atom is -0.312 e. The Kier molecular flexibility index (Phi) is 4.06. The second kappa shape index (κ2) is 5.69. The fourth-order valence-electron chi connectivity index (χ4n) is 3.31. The Morgan fingerprint density at radius 3 is 2.57 bits per heavy atom. The van der Waals surface area contributed by atoms with Crippen molar-refractivity contribution in [3.8, 4) is 0 Å². The lowest BCUT2D eigenvalue weighted by Gasteiger charge is -2.33. The van der Waals surface area contributed by atoms with Gasteiger partial charge >= 0.3 is 0 Å². The predicted molar refractivity (Wildman–Crippen MR) is 92.0 cm³/mol. The lowest BCUT2D eigenvalue weighted by molar-refractivity contribution is 0.244. The van der Waals surface area contributed by atoms with E-state index >= 15 is 0 Å². The van der Waals surface area contributed by atoms with Gasteiger partial charge in [0.1, 0.15) is 0 Å². The number of thiazole rings is 1. The number of hydrogen-bond donors (Lipinski definition) is 1. The zero-order chi connectivity index (χ0) is 14.9. The van der Waals surface area contributed by atoms with E-state index in [2.05, 4.69) is 50.4 Å². The van der Waals surface area contributed by atoms with Crippen molar-refractivity contribution in [1.82, 2.24) is 10.3 Å². The van der Waals surface area contributed by atoms with E-state index in [4.69, 9.17) is 4.98 Å². The first-order valence-electron chi connectivity index (χ1n) is 8.05. The first kappa shape index (κ1) is 15.0. The topological polar surface area (TPSA) is 24.9 Å². The molecule has 0 saturated heterocycles. The number of fused-ring (bicyclic) bond motifs is 1. The average molecular weight is 302 g/mol. The molecule has 0 bridgehead atoms. The van der Waals surface area contributed by atoms with Gasteiger partial charge in [-0.05, 0) is 51.2 Å². The van der Waals surface area contributed by atoms with Gasteiger partial charge in [-0.1, -0.05) is 25.0 Å². The molecule has 1 aromatic carbocycles. The molecule has 21 heavy (non-hydrogen) atoms. The zero-order valence-corrected chi connectivity index (χ0v) is 14.2. The molecule has 0 spiro atoms. The molecular weight excluding hydrogens is 276 g/mol. The molecule has 1 saturated carbocycles. The van der Waals surface area contributed by atoms with Crippen LogP contribution in [0.2, 0.25) is 0 Å². The fourth-order valence-corrected chi connectivity index (χ4v) is 4.45. The van der Waals surface area contributed by atoms with E-state index in [9.17, 15) is 0 Å². The molecule has 0 atom stereocenters. The van der Waals surface area contributed by atoms with Crippen LogP contribution in [0.25, 0.3) is 10.2 Å². The minimum absolute atomic E-state index is 0.198. The Hall–Kier alpha value is -0.930. The van der Waals surface area contributed by atoms with Crippen molar-refractivity contribution < 1.29 is 0 Å². The summed E-state index contributed by atoms with van der Waals surface area (Å²) in [7, 11) is 0. The van der Waals surface area contributed by atoms with Crippen LogP contribution in [0.3, 0.4) is 0 Å². The van der Waals surface area contributed by atoms with Crippen LogP contribution in [-0.2, 0) is 6.42 Å². The standard InChI is InChI=1S/C18H26N2S/c1-17(2,3)19-13-18(10-6-7-11-18)12-16-20-14-8-4-5-9-15(14)21-16/h4-5,8-9,19H,6-7,10-13H2,1-3H3. The van der Waals surface area contributed by atoms with Gasteiger partial charge in [-0.25, -0.2) is 4.98 Å². The second-order valence-electron chi connectivity index (χ2n) is 7.56. The predicted octanol–water partition coefficient (Wildman–Crippen LogP) is 4.79. The van der Waals surface area contributed by atoms with Crippen molar-refractivity contribution in [2.45, 2.75) is 58.4 Å². The van der Waals surface area contributed by atoms with Crippen LogP contribution in [0.4, 0.5) is 0 Å². The van der Waals surface area contributed by atoms with E-state index in [1.54, 1.807) is 0 Å². The van der Waals surface area contributed by atoms with E-state index in [0.717, 1.165) is 18.5 Å². The highest BCUT2D eigenvalue weighted by molar-refractivity contribution is 7.18. The van der Waals surface area contributed by atoms with Gasteiger partial charge in [0.2, 0.25) is 0 Å². The normalized spacial score (nSPS) is 18.4. The Labute approximate surface area is 132 Å². The van der Waals surface area contributed by atoms with Gasteiger partial charge in [0, 0.05) is 18.5 Å². The highest BCUT2D eigenvalue weighted by Gasteiger charge is 2.35. The van der Waals surface area contributed by atoms with Crippen LogP contribution in [0.1, 0.15) is 51.5 Å². The van der Waals surface area contributed by atoms with E-state index in [-0.39, 0.29) is 5.54 Å². The number of nitrogens with zero attached hydrogens (tertiary/aromatic N) is 1. The Morgan fingerprint density at radius 1 is 1.19 bits per heavy atom. The van der Waals surface area contributed by atoms with Crippen molar-refractivity contribution >= 4 is 21.6 Å². The molecule has 2 nitrogen and oxygen atoms in total. The van der Waals surface area contributed by atoms with Crippen molar-refractivity contribution in [2.24, 2.45) is 5.41 Å². The minimum atomic E-state index is 0.198. The molecule has 114 valence electrons. The lowest BCUT2D eigenvalue weighted by Crippen LogP contribution is -2.43. The highest BCUT2D eigenvalue weighted by atomic mass is 32.1. The van der Waals surface area contributed by atoms with Crippen molar-refractivity contribution in [3.05, 3.63) is 29.3 Å². The molecule has 1 heterocycles. The third-order valence-corrected chi connectivity index (χ3v) is 5.56. The molecule has 1 aromatic heterocycles. The second-order valence-corrected chi connectivity index (χ2v) is 8.68. The smallest absolute Gasteiger partial charge is 0.0944 e. The molecule has 1 aliphatic rings. The van der Waals surface area contributed by atoms with Gasteiger partial charge in [0.15, 0.2) is 0 Å². The summed E-state index contributed by atoms with van der Waals surface area (Å²) in [6, 6.07) is 8.50.